The summed E-state index contributed by atoms with van der Waals surface area (Å²) in [6, 6.07) is 7.51. The van der Waals surface area contributed by atoms with E-state index in [1.54, 1.807) is 6.08 Å². The number of nitrogens with one attached hydrogen (secondary N) is 1. The molecule has 0 saturated carbocycles. The highest BCUT2D eigenvalue weighted by Gasteiger charge is 2.18. The normalized spacial score (nSPS) is 14.4. The highest BCUT2D eigenvalue weighted by Crippen LogP contribution is 2.11. The molecule has 0 fully saturated rings. The topological polar surface area (TPSA) is 69.6 Å². The second kappa shape index (κ2) is 6.68. The molecule has 4 nitrogen and oxygen atoms in total. The molecule has 1 atom stereocenters. The van der Waals surface area contributed by atoms with Crippen LogP contribution in [-0.4, -0.2) is 34.9 Å². The minimum atomic E-state index is -1.29. The highest BCUT2D eigenvalue weighted by atomic mass is 79.9. The Morgan fingerprint density at radius 2 is 2.06 bits per heavy atom. The summed E-state index contributed by atoms with van der Waals surface area (Å²) in [5, 5.41) is 20.8. The maximum absolute atomic E-state index is 11.4. The number of carbonyl (C=O) groups is 1. The first-order valence-electron chi connectivity index (χ1n) is 5.48. The Bertz CT molecular complexity index is 426. The molecule has 1 aromatic rings. The number of rotatable bonds is 5. The smallest absolute Gasteiger partial charge is 0.244 e. The van der Waals surface area contributed by atoms with E-state index < -0.39 is 12.2 Å². The minimum absolute atomic E-state index is 0.00696. The summed E-state index contributed by atoms with van der Waals surface area (Å²) in [6.07, 6.45) is 3.06. The minimum Gasteiger partial charge on any atom is -0.393 e. The molecule has 0 heterocycles. The second-order valence-corrected chi connectivity index (χ2v) is 5.17. The van der Waals surface area contributed by atoms with Crippen LogP contribution < -0.4 is 5.32 Å². The van der Waals surface area contributed by atoms with Gasteiger partial charge in [0.15, 0.2) is 0 Å². The van der Waals surface area contributed by atoms with Crippen molar-refractivity contribution in [3.63, 3.8) is 0 Å². The lowest BCUT2D eigenvalue weighted by Gasteiger charge is -2.19. The molecule has 1 aromatic carbocycles. The molecule has 0 aliphatic carbocycles. The molecule has 0 aliphatic heterocycles. The number of aliphatic hydroxyl groups is 2. The average molecular weight is 314 g/mol. The van der Waals surface area contributed by atoms with Crippen molar-refractivity contribution in [3.8, 4) is 0 Å². The number of carbonyl (C=O) groups excluding carboxylic acids is 1. The fourth-order valence-corrected chi connectivity index (χ4v) is 1.40. The summed E-state index contributed by atoms with van der Waals surface area (Å²) in [5.74, 6) is -0.313. The SMILES string of the molecule is CC(O)(CO)CNC(=O)C=Cc1ccc(Br)cc1. The molecule has 0 spiro atoms. The summed E-state index contributed by atoms with van der Waals surface area (Å²) in [7, 11) is 0. The Morgan fingerprint density at radius 3 is 2.61 bits per heavy atom. The van der Waals surface area contributed by atoms with Crippen LogP contribution in [0.3, 0.4) is 0 Å². The van der Waals surface area contributed by atoms with Gasteiger partial charge in [-0.25, -0.2) is 0 Å². The van der Waals surface area contributed by atoms with Crippen molar-refractivity contribution in [2.45, 2.75) is 12.5 Å². The Kier molecular flexibility index (Phi) is 5.53. The molecule has 1 unspecified atom stereocenters. The largest absolute Gasteiger partial charge is 0.393 e. The summed E-state index contributed by atoms with van der Waals surface area (Å²) in [5.41, 5.74) is -0.386. The van der Waals surface area contributed by atoms with Gasteiger partial charge in [-0.2, -0.15) is 0 Å². The van der Waals surface area contributed by atoms with Crippen LogP contribution in [0.15, 0.2) is 34.8 Å². The first-order chi connectivity index (χ1) is 8.43. The van der Waals surface area contributed by atoms with Crippen molar-refractivity contribution in [3.05, 3.63) is 40.4 Å². The highest BCUT2D eigenvalue weighted by molar-refractivity contribution is 9.10. The molecule has 0 saturated heterocycles. The van der Waals surface area contributed by atoms with E-state index in [2.05, 4.69) is 21.2 Å². The molecule has 18 heavy (non-hydrogen) atoms. The van der Waals surface area contributed by atoms with Gasteiger partial charge in [0.2, 0.25) is 5.91 Å². The molecule has 0 radical (unpaired) electrons. The van der Waals surface area contributed by atoms with Gasteiger partial charge < -0.3 is 15.5 Å². The zero-order valence-electron chi connectivity index (χ0n) is 10.1. The predicted octanol–water partition coefficient (Wildman–Crippen LogP) is 1.32. The zero-order valence-corrected chi connectivity index (χ0v) is 11.6. The molecule has 5 heteroatoms. The fraction of sp³-hybridized carbons (Fsp3) is 0.308. The van der Waals surface area contributed by atoms with E-state index in [1.165, 1.54) is 13.0 Å². The lowest BCUT2D eigenvalue weighted by molar-refractivity contribution is -0.117. The third-order valence-electron chi connectivity index (χ3n) is 2.28. The van der Waals surface area contributed by atoms with Crippen LogP contribution in [0, 0.1) is 0 Å². The van der Waals surface area contributed by atoms with Gasteiger partial charge in [0.1, 0.15) is 5.60 Å². The van der Waals surface area contributed by atoms with E-state index in [0.717, 1.165) is 10.0 Å². The predicted molar refractivity (Wildman–Crippen MR) is 73.9 cm³/mol. The third-order valence-corrected chi connectivity index (χ3v) is 2.81. The van der Waals surface area contributed by atoms with Crippen LogP contribution in [0.4, 0.5) is 0 Å². The molecule has 0 bridgehead atoms. The standard InChI is InChI=1S/C13H16BrNO3/c1-13(18,9-16)8-15-12(17)7-4-10-2-5-11(14)6-3-10/h2-7,16,18H,8-9H2,1H3,(H,15,17). The van der Waals surface area contributed by atoms with E-state index in [0.29, 0.717) is 0 Å². The van der Waals surface area contributed by atoms with Gasteiger partial charge in [-0.15, -0.1) is 0 Å². The van der Waals surface area contributed by atoms with Gasteiger partial charge in [-0.1, -0.05) is 28.1 Å². The van der Waals surface area contributed by atoms with Crippen molar-refractivity contribution in [2.24, 2.45) is 0 Å². The van der Waals surface area contributed by atoms with Crippen LogP contribution in [0.25, 0.3) is 6.08 Å². The first-order valence-corrected chi connectivity index (χ1v) is 6.27. The number of hydrogen-bond acceptors (Lipinski definition) is 3. The van der Waals surface area contributed by atoms with Gasteiger partial charge in [-0.3, -0.25) is 4.79 Å². The lowest BCUT2D eigenvalue weighted by Crippen LogP contribution is -2.42. The Labute approximate surface area is 114 Å². The van der Waals surface area contributed by atoms with E-state index in [4.69, 9.17) is 5.11 Å². The van der Waals surface area contributed by atoms with E-state index in [-0.39, 0.29) is 12.5 Å². The van der Waals surface area contributed by atoms with Crippen molar-refractivity contribution >= 4 is 27.9 Å². The van der Waals surface area contributed by atoms with E-state index >= 15 is 0 Å². The number of amides is 1. The first kappa shape index (κ1) is 14.9. The van der Waals surface area contributed by atoms with Crippen molar-refractivity contribution in [1.82, 2.24) is 5.32 Å². The van der Waals surface area contributed by atoms with Crippen LogP contribution in [0.1, 0.15) is 12.5 Å². The molecule has 0 aliphatic rings. The van der Waals surface area contributed by atoms with Crippen molar-refractivity contribution in [1.29, 1.82) is 0 Å². The van der Waals surface area contributed by atoms with Crippen LogP contribution in [0.5, 0.6) is 0 Å². The van der Waals surface area contributed by atoms with Gasteiger partial charge >= 0.3 is 0 Å². The van der Waals surface area contributed by atoms with Gasteiger partial charge in [0.05, 0.1) is 6.61 Å². The quantitative estimate of drug-likeness (QED) is 0.718. The number of halogens is 1. The average Bonchev–Trinajstić information content (AvgIpc) is 2.36. The Hall–Kier alpha value is -1.17. The number of benzene rings is 1. The van der Waals surface area contributed by atoms with Gasteiger partial charge in [0.25, 0.3) is 0 Å². The summed E-state index contributed by atoms with van der Waals surface area (Å²) in [4.78, 5) is 11.4. The number of aliphatic hydroxyl groups excluding tert-OH is 1. The van der Waals surface area contributed by atoms with Gasteiger partial charge in [-0.05, 0) is 30.7 Å². The summed E-state index contributed by atoms with van der Waals surface area (Å²) in [6.45, 7) is 1.06. The van der Waals surface area contributed by atoms with E-state index in [1.807, 2.05) is 24.3 Å². The van der Waals surface area contributed by atoms with Crippen LogP contribution in [-0.2, 0) is 4.79 Å². The number of hydrogen-bond donors (Lipinski definition) is 3. The van der Waals surface area contributed by atoms with Gasteiger partial charge in [0, 0.05) is 17.1 Å². The van der Waals surface area contributed by atoms with E-state index in [9.17, 15) is 9.90 Å². The second-order valence-electron chi connectivity index (χ2n) is 4.26. The molecule has 1 amide bonds. The van der Waals surface area contributed by atoms with Crippen LogP contribution >= 0.6 is 15.9 Å². The van der Waals surface area contributed by atoms with Crippen LogP contribution in [0.2, 0.25) is 0 Å². The molecule has 98 valence electrons. The summed E-state index contributed by atoms with van der Waals surface area (Å²) >= 11 is 3.33. The lowest BCUT2D eigenvalue weighted by atomic mass is 10.1. The maximum atomic E-state index is 11.4. The zero-order chi connectivity index (χ0) is 13.6. The molecule has 3 N–H and O–H groups in total. The molecule has 1 rings (SSSR count). The molecular formula is C13H16BrNO3. The maximum Gasteiger partial charge on any atom is 0.244 e. The Morgan fingerprint density at radius 1 is 1.44 bits per heavy atom. The Balaban J connectivity index is 2.47. The molecule has 0 aromatic heterocycles. The molecular weight excluding hydrogens is 298 g/mol. The summed E-state index contributed by atoms with van der Waals surface area (Å²) < 4.78 is 0.975. The monoisotopic (exact) mass is 313 g/mol. The van der Waals surface area contributed by atoms with Crippen molar-refractivity contribution in [2.75, 3.05) is 13.2 Å². The third kappa shape index (κ3) is 5.44. The van der Waals surface area contributed by atoms with Crippen molar-refractivity contribution < 1.29 is 15.0 Å². The fourth-order valence-electron chi connectivity index (χ4n) is 1.14.